The van der Waals surface area contributed by atoms with Gasteiger partial charge >= 0.3 is 5.69 Å². The van der Waals surface area contributed by atoms with Crippen LogP contribution in [-0.2, 0) is 0 Å². The zero-order valence-electron chi connectivity index (χ0n) is 18.8. The Balaban J connectivity index is 1.62. The van der Waals surface area contributed by atoms with E-state index < -0.39 is 6.10 Å². The fraction of sp³-hybridized carbons (Fsp3) is 0.192. The van der Waals surface area contributed by atoms with Gasteiger partial charge in [0, 0.05) is 6.04 Å². The highest BCUT2D eigenvalue weighted by molar-refractivity contribution is 5.79. The van der Waals surface area contributed by atoms with E-state index in [1.165, 1.54) is 4.57 Å². The Labute approximate surface area is 199 Å². The molecular weight excluding hydrogens is 442 g/mol. The fourth-order valence-corrected chi connectivity index (χ4v) is 4.86. The summed E-state index contributed by atoms with van der Waals surface area (Å²) in [4.78, 5) is 27.3. The van der Waals surface area contributed by atoms with E-state index in [1.54, 1.807) is 46.8 Å². The molecule has 0 saturated heterocycles. The number of nitriles is 1. The summed E-state index contributed by atoms with van der Waals surface area (Å²) in [5, 5.41) is 19.9. The lowest BCUT2D eigenvalue weighted by molar-refractivity contribution is 0.147. The molecule has 1 aliphatic carbocycles. The van der Waals surface area contributed by atoms with Crippen molar-refractivity contribution in [2.75, 3.05) is 0 Å². The number of hydrogen-bond donors (Lipinski definition) is 1. The zero-order valence-corrected chi connectivity index (χ0v) is 18.8. The Hall–Kier alpha value is -4.73. The summed E-state index contributed by atoms with van der Waals surface area (Å²) in [7, 11) is 0. The lowest BCUT2D eigenvalue weighted by Crippen LogP contribution is -2.30. The van der Waals surface area contributed by atoms with Crippen molar-refractivity contribution in [2.45, 2.75) is 31.9 Å². The Morgan fingerprint density at radius 3 is 2.71 bits per heavy atom. The van der Waals surface area contributed by atoms with Crippen LogP contribution in [0.4, 0.5) is 0 Å². The van der Waals surface area contributed by atoms with Crippen LogP contribution in [0.25, 0.3) is 28.1 Å². The first-order valence-corrected chi connectivity index (χ1v) is 11.2. The molecule has 6 rings (SSSR count). The molecule has 0 radical (unpaired) electrons. The smallest absolute Gasteiger partial charge is 0.342 e. The summed E-state index contributed by atoms with van der Waals surface area (Å²) in [5.41, 5.74) is 4.24. The summed E-state index contributed by atoms with van der Waals surface area (Å²) in [6.07, 6.45) is 3.73. The summed E-state index contributed by atoms with van der Waals surface area (Å²) in [6.45, 7) is 1.67. The van der Waals surface area contributed by atoms with Gasteiger partial charge in [0.2, 0.25) is 5.95 Å². The first-order chi connectivity index (χ1) is 17.1. The van der Waals surface area contributed by atoms with Crippen molar-refractivity contribution >= 4 is 22.2 Å². The number of nitrogens with zero attached hydrogens (tertiary/aromatic N) is 7. The highest BCUT2D eigenvalue weighted by Gasteiger charge is 2.31. The standard InChI is InChI=1S/C26H19N7O2/c1-2-11-31-22-14-28-25(32-15-29-19-8-7-16(13-27)12-21(19)32)30-24(22)33(26(31)35)20-9-10-23(34)18-6-4-3-5-17(18)20/h3-8,12,14-15,20,23,34H,9-10H2,1H3/t20-,23-/m1/s1. The third-order valence-electron chi connectivity index (χ3n) is 6.46. The van der Waals surface area contributed by atoms with Crippen LogP contribution in [0.3, 0.4) is 0 Å². The predicted molar refractivity (Wildman–Crippen MR) is 129 cm³/mol. The Morgan fingerprint density at radius 1 is 1.09 bits per heavy atom. The van der Waals surface area contributed by atoms with Crippen molar-refractivity contribution in [1.82, 2.24) is 28.7 Å². The molecule has 0 unspecified atom stereocenters. The number of fused-ring (bicyclic) bond motifs is 3. The number of imidazole rings is 2. The van der Waals surface area contributed by atoms with Crippen molar-refractivity contribution in [2.24, 2.45) is 0 Å². The van der Waals surface area contributed by atoms with E-state index in [4.69, 9.17) is 4.98 Å². The van der Waals surface area contributed by atoms with E-state index in [2.05, 4.69) is 28.0 Å². The molecule has 0 aliphatic heterocycles. The molecule has 9 nitrogen and oxygen atoms in total. The van der Waals surface area contributed by atoms with E-state index >= 15 is 0 Å². The summed E-state index contributed by atoms with van der Waals surface area (Å²) < 4.78 is 4.72. The summed E-state index contributed by atoms with van der Waals surface area (Å²) in [6, 6.07) is 17.5. The first kappa shape index (κ1) is 20.8. The molecule has 0 saturated carbocycles. The van der Waals surface area contributed by atoms with Crippen LogP contribution in [0.2, 0.25) is 0 Å². The van der Waals surface area contributed by atoms with E-state index in [0.717, 1.165) is 11.1 Å². The molecule has 1 aliphatic rings. The number of aliphatic hydroxyl groups is 1. The highest BCUT2D eigenvalue weighted by atomic mass is 16.3. The number of rotatable bonds is 2. The second kappa shape index (κ2) is 7.94. The van der Waals surface area contributed by atoms with Crippen LogP contribution in [0.15, 0.2) is 59.8 Å². The molecule has 0 fully saturated rings. The predicted octanol–water partition coefficient (Wildman–Crippen LogP) is 3.05. The van der Waals surface area contributed by atoms with Gasteiger partial charge in [-0.2, -0.15) is 10.2 Å². The third kappa shape index (κ3) is 3.14. The van der Waals surface area contributed by atoms with Crippen LogP contribution in [0, 0.1) is 23.3 Å². The monoisotopic (exact) mass is 461 g/mol. The molecule has 5 aromatic rings. The van der Waals surface area contributed by atoms with Gasteiger partial charge in [0.25, 0.3) is 0 Å². The quantitative estimate of drug-likeness (QED) is 0.404. The Bertz CT molecular complexity index is 1790. The van der Waals surface area contributed by atoms with Crippen LogP contribution < -0.4 is 5.69 Å². The topological polar surface area (TPSA) is 115 Å². The molecule has 2 aromatic carbocycles. The minimum atomic E-state index is -0.571. The number of aliphatic hydroxyl groups excluding tert-OH is 1. The fourth-order valence-electron chi connectivity index (χ4n) is 4.86. The number of aromatic nitrogens is 6. The lowest BCUT2D eigenvalue weighted by Gasteiger charge is -2.29. The van der Waals surface area contributed by atoms with Gasteiger partial charge in [0.05, 0.1) is 41.0 Å². The molecule has 2 atom stereocenters. The normalized spacial score (nSPS) is 17.1. The van der Waals surface area contributed by atoms with Gasteiger partial charge in [0.15, 0.2) is 5.65 Å². The van der Waals surface area contributed by atoms with Gasteiger partial charge in [-0.15, -0.1) is 0 Å². The van der Waals surface area contributed by atoms with Crippen molar-refractivity contribution in [3.63, 3.8) is 0 Å². The van der Waals surface area contributed by atoms with E-state index in [1.807, 2.05) is 24.3 Å². The minimum absolute atomic E-state index is 0.306. The molecule has 3 aromatic heterocycles. The van der Waals surface area contributed by atoms with Gasteiger partial charge in [-0.25, -0.2) is 19.3 Å². The summed E-state index contributed by atoms with van der Waals surface area (Å²) >= 11 is 0. The largest absolute Gasteiger partial charge is 0.388 e. The number of benzene rings is 2. The van der Waals surface area contributed by atoms with Crippen LogP contribution >= 0.6 is 0 Å². The third-order valence-corrected chi connectivity index (χ3v) is 6.46. The molecule has 35 heavy (non-hydrogen) atoms. The van der Waals surface area contributed by atoms with Crippen molar-refractivity contribution in [3.05, 3.63) is 82.2 Å². The number of hydrogen-bond acceptors (Lipinski definition) is 6. The molecule has 0 spiro atoms. The average molecular weight is 461 g/mol. The van der Waals surface area contributed by atoms with Crippen molar-refractivity contribution in [1.29, 1.82) is 5.26 Å². The van der Waals surface area contributed by atoms with E-state index in [9.17, 15) is 15.2 Å². The lowest BCUT2D eigenvalue weighted by atomic mass is 9.85. The van der Waals surface area contributed by atoms with Gasteiger partial charge in [-0.3, -0.25) is 9.13 Å². The van der Waals surface area contributed by atoms with E-state index in [0.29, 0.717) is 46.6 Å². The molecule has 0 amide bonds. The van der Waals surface area contributed by atoms with Crippen LogP contribution in [0.5, 0.6) is 0 Å². The van der Waals surface area contributed by atoms with Crippen molar-refractivity contribution in [3.8, 4) is 24.0 Å². The molecule has 170 valence electrons. The first-order valence-electron chi connectivity index (χ1n) is 11.2. The summed E-state index contributed by atoms with van der Waals surface area (Å²) in [5.74, 6) is 3.13. The van der Waals surface area contributed by atoms with Crippen LogP contribution in [-0.4, -0.2) is 33.8 Å². The van der Waals surface area contributed by atoms with Crippen molar-refractivity contribution < 1.29 is 5.11 Å². The molecule has 3 heterocycles. The van der Waals surface area contributed by atoms with Gasteiger partial charge in [0.1, 0.15) is 11.8 Å². The minimum Gasteiger partial charge on any atom is -0.388 e. The molecule has 0 bridgehead atoms. The van der Waals surface area contributed by atoms with Gasteiger partial charge < -0.3 is 5.11 Å². The molecule has 9 heteroatoms. The maximum Gasteiger partial charge on any atom is 0.342 e. The maximum atomic E-state index is 13.6. The zero-order chi connectivity index (χ0) is 24.1. The van der Waals surface area contributed by atoms with Crippen LogP contribution in [0.1, 0.15) is 48.6 Å². The maximum absolute atomic E-state index is 13.6. The highest BCUT2D eigenvalue weighted by Crippen LogP contribution is 2.38. The molecule has 1 N–H and O–H groups in total. The second-order valence-electron chi connectivity index (χ2n) is 8.40. The second-order valence-corrected chi connectivity index (χ2v) is 8.40. The van der Waals surface area contributed by atoms with Gasteiger partial charge in [-0.05, 0) is 49.1 Å². The van der Waals surface area contributed by atoms with Gasteiger partial charge in [-0.1, -0.05) is 30.2 Å². The Morgan fingerprint density at radius 2 is 1.91 bits per heavy atom. The van der Waals surface area contributed by atoms with E-state index in [-0.39, 0.29) is 11.7 Å². The average Bonchev–Trinajstić information content (AvgIpc) is 3.43. The SMILES string of the molecule is CC#Cn1c(=O)n([C@@H]2CC[C@@H](O)c3ccccc32)c2nc(-n3cnc4ccc(C#N)cc43)ncc21. The Kier molecular flexibility index (Phi) is 4.73. The molecular formula is C26H19N7O2.